The van der Waals surface area contributed by atoms with Crippen LogP contribution in [0.25, 0.3) is 21.1 Å². The normalized spacial score (nSPS) is 12.7. The highest BCUT2D eigenvalue weighted by atomic mass is 32.1. The summed E-state index contributed by atoms with van der Waals surface area (Å²) >= 11 is 1.63. The van der Waals surface area contributed by atoms with E-state index in [0.717, 1.165) is 27.4 Å². The number of para-hydroxylation sites is 1. The van der Waals surface area contributed by atoms with Crippen LogP contribution in [0, 0.1) is 0 Å². The van der Waals surface area contributed by atoms with Crippen LogP contribution in [0.3, 0.4) is 0 Å². The molecule has 2 heterocycles. The molecule has 0 spiro atoms. The van der Waals surface area contributed by atoms with Crippen molar-refractivity contribution in [3.05, 3.63) is 65.2 Å². The number of hydrogen-bond acceptors (Lipinski definition) is 5. The minimum Gasteiger partial charge on any atom is -0.493 e. The molecular formula is C20H19NO3S. The van der Waals surface area contributed by atoms with Gasteiger partial charge in [-0.05, 0) is 29.7 Å². The molecule has 0 saturated heterocycles. The van der Waals surface area contributed by atoms with Crippen molar-refractivity contribution in [2.75, 3.05) is 13.7 Å². The number of furan rings is 1. The first-order chi connectivity index (χ1) is 12.2. The van der Waals surface area contributed by atoms with Crippen LogP contribution >= 0.6 is 11.3 Å². The van der Waals surface area contributed by atoms with Gasteiger partial charge in [0.15, 0.2) is 11.3 Å². The van der Waals surface area contributed by atoms with E-state index in [-0.39, 0.29) is 0 Å². The Morgan fingerprint density at radius 2 is 1.96 bits per heavy atom. The average molecular weight is 353 g/mol. The molecule has 0 saturated carbocycles. The maximum absolute atomic E-state index is 10.4. The molecule has 4 nitrogen and oxygen atoms in total. The molecule has 2 aromatic heterocycles. The van der Waals surface area contributed by atoms with Gasteiger partial charge in [-0.25, -0.2) is 0 Å². The monoisotopic (exact) mass is 353 g/mol. The van der Waals surface area contributed by atoms with E-state index >= 15 is 0 Å². The van der Waals surface area contributed by atoms with Crippen LogP contribution in [-0.4, -0.2) is 18.8 Å². The Morgan fingerprint density at radius 3 is 2.80 bits per heavy atom. The molecule has 0 aliphatic heterocycles. The summed E-state index contributed by atoms with van der Waals surface area (Å²) in [6.07, 6.45) is -0.531. The molecule has 2 N–H and O–H groups in total. The summed E-state index contributed by atoms with van der Waals surface area (Å²) in [5.74, 6) is 1.55. The summed E-state index contributed by atoms with van der Waals surface area (Å²) in [6, 6.07) is 18.0. The number of benzene rings is 2. The van der Waals surface area contributed by atoms with Gasteiger partial charge >= 0.3 is 0 Å². The van der Waals surface area contributed by atoms with Gasteiger partial charge in [-0.15, -0.1) is 11.3 Å². The molecule has 0 unspecified atom stereocenters. The predicted octanol–water partition coefficient (Wildman–Crippen LogP) is 4.48. The second kappa shape index (κ2) is 6.88. The van der Waals surface area contributed by atoms with Crippen molar-refractivity contribution >= 4 is 32.4 Å². The van der Waals surface area contributed by atoms with E-state index in [9.17, 15) is 5.11 Å². The zero-order chi connectivity index (χ0) is 17.2. The number of nitrogens with one attached hydrogen (secondary N) is 1. The number of aliphatic hydroxyl groups is 1. The average Bonchev–Trinajstić information content (AvgIpc) is 3.24. The fraction of sp³-hybridized carbons (Fsp3) is 0.200. The maximum Gasteiger partial charge on any atom is 0.176 e. The van der Waals surface area contributed by atoms with E-state index in [1.807, 2.05) is 36.4 Å². The van der Waals surface area contributed by atoms with Crippen LogP contribution in [0.1, 0.15) is 16.7 Å². The molecule has 0 aliphatic rings. The minimum atomic E-state index is -0.531. The minimum absolute atomic E-state index is 0.473. The van der Waals surface area contributed by atoms with Gasteiger partial charge in [0.25, 0.3) is 0 Å². The molecule has 4 aromatic rings. The smallest absolute Gasteiger partial charge is 0.176 e. The van der Waals surface area contributed by atoms with Crippen molar-refractivity contribution in [3.8, 4) is 5.75 Å². The standard InChI is InChI=1S/C20H19NO3S/c1-23-17-7-4-6-14-9-15(24-20(14)17)11-21-12-16(22)19-10-13-5-2-3-8-18(13)25-19/h2-10,16,21-22H,11-12H2,1H3/t16-/m1/s1. The SMILES string of the molecule is COc1cccc2cc(CNC[C@@H](O)c3cc4ccccc4s3)oc12. The second-order valence-corrected chi connectivity index (χ2v) is 7.04. The first kappa shape index (κ1) is 16.1. The van der Waals surface area contributed by atoms with Crippen LogP contribution < -0.4 is 10.1 Å². The lowest BCUT2D eigenvalue weighted by Gasteiger charge is -2.08. The lowest BCUT2D eigenvalue weighted by molar-refractivity contribution is 0.177. The topological polar surface area (TPSA) is 54.6 Å². The van der Waals surface area contributed by atoms with Crippen molar-refractivity contribution in [1.82, 2.24) is 5.32 Å². The zero-order valence-corrected chi connectivity index (χ0v) is 14.7. The van der Waals surface area contributed by atoms with E-state index < -0.39 is 6.10 Å². The maximum atomic E-state index is 10.4. The molecule has 0 radical (unpaired) electrons. The summed E-state index contributed by atoms with van der Waals surface area (Å²) in [5, 5.41) is 15.9. The highest BCUT2D eigenvalue weighted by Crippen LogP contribution is 2.30. The Bertz CT molecular complexity index is 971. The predicted molar refractivity (Wildman–Crippen MR) is 101 cm³/mol. The lowest BCUT2D eigenvalue weighted by Crippen LogP contribution is -2.20. The molecule has 1 atom stereocenters. The van der Waals surface area contributed by atoms with E-state index in [2.05, 4.69) is 23.5 Å². The van der Waals surface area contributed by atoms with Gasteiger partial charge in [0.05, 0.1) is 13.7 Å². The van der Waals surface area contributed by atoms with Gasteiger partial charge < -0.3 is 19.6 Å². The first-order valence-electron chi connectivity index (χ1n) is 8.17. The molecular weight excluding hydrogens is 334 g/mol. The molecule has 128 valence electrons. The van der Waals surface area contributed by atoms with Crippen LogP contribution in [0.2, 0.25) is 0 Å². The fourth-order valence-electron chi connectivity index (χ4n) is 2.94. The highest BCUT2D eigenvalue weighted by Gasteiger charge is 2.12. The number of methoxy groups -OCH3 is 1. The fourth-order valence-corrected chi connectivity index (χ4v) is 3.99. The molecule has 5 heteroatoms. The van der Waals surface area contributed by atoms with Gasteiger partial charge in [0.1, 0.15) is 11.9 Å². The number of rotatable bonds is 6. The third-order valence-electron chi connectivity index (χ3n) is 4.19. The number of fused-ring (bicyclic) bond motifs is 2. The summed E-state index contributed by atoms with van der Waals surface area (Å²) < 4.78 is 12.4. The Kier molecular flexibility index (Phi) is 4.44. The van der Waals surface area contributed by atoms with E-state index in [1.165, 1.54) is 10.1 Å². The third kappa shape index (κ3) is 3.26. The Labute approximate surface area is 149 Å². The largest absolute Gasteiger partial charge is 0.493 e. The number of aliphatic hydroxyl groups excluding tert-OH is 1. The summed E-state index contributed by atoms with van der Waals surface area (Å²) in [4.78, 5) is 0.972. The molecule has 2 aromatic carbocycles. The molecule has 0 bridgehead atoms. The van der Waals surface area contributed by atoms with Crippen molar-refractivity contribution in [2.45, 2.75) is 12.6 Å². The Morgan fingerprint density at radius 1 is 1.12 bits per heavy atom. The third-order valence-corrected chi connectivity index (χ3v) is 5.41. The van der Waals surface area contributed by atoms with Gasteiger partial charge in [-0.3, -0.25) is 0 Å². The van der Waals surface area contributed by atoms with Crippen LogP contribution in [-0.2, 0) is 6.54 Å². The van der Waals surface area contributed by atoms with Crippen LogP contribution in [0.4, 0.5) is 0 Å². The van der Waals surface area contributed by atoms with Crippen LogP contribution in [0.15, 0.2) is 59.0 Å². The van der Waals surface area contributed by atoms with Crippen LogP contribution in [0.5, 0.6) is 5.75 Å². The van der Waals surface area contributed by atoms with Gasteiger partial charge in [-0.2, -0.15) is 0 Å². The zero-order valence-electron chi connectivity index (χ0n) is 13.9. The van der Waals surface area contributed by atoms with E-state index in [0.29, 0.717) is 13.1 Å². The summed E-state index contributed by atoms with van der Waals surface area (Å²) in [5.41, 5.74) is 0.756. The van der Waals surface area contributed by atoms with E-state index in [1.54, 1.807) is 18.4 Å². The molecule has 0 amide bonds. The number of hydrogen-bond donors (Lipinski definition) is 2. The van der Waals surface area contributed by atoms with E-state index in [4.69, 9.17) is 9.15 Å². The number of thiophene rings is 1. The summed E-state index contributed by atoms with van der Waals surface area (Å²) in [6.45, 7) is 1.03. The molecule has 4 rings (SSSR count). The first-order valence-corrected chi connectivity index (χ1v) is 8.99. The van der Waals surface area contributed by atoms with Crippen molar-refractivity contribution < 1.29 is 14.3 Å². The number of ether oxygens (including phenoxy) is 1. The highest BCUT2D eigenvalue weighted by molar-refractivity contribution is 7.19. The summed E-state index contributed by atoms with van der Waals surface area (Å²) in [7, 11) is 1.64. The molecule has 0 fully saturated rings. The van der Waals surface area contributed by atoms with Crippen molar-refractivity contribution in [1.29, 1.82) is 0 Å². The second-order valence-electron chi connectivity index (χ2n) is 5.92. The van der Waals surface area contributed by atoms with Gasteiger partial charge in [0.2, 0.25) is 0 Å². The Hall–Kier alpha value is -2.34. The van der Waals surface area contributed by atoms with Crippen molar-refractivity contribution in [2.24, 2.45) is 0 Å². The lowest BCUT2D eigenvalue weighted by atomic mass is 10.2. The molecule has 0 aliphatic carbocycles. The molecule has 25 heavy (non-hydrogen) atoms. The van der Waals surface area contributed by atoms with Crippen molar-refractivity contribution in [3.63, 3.8) is 0 Å². The van der Waals surface area contributed by atoms with Gasteiger partial charge in [0, 0.05) is 21.5 Å². The quantitative estimate of drug-likeness (QED) is 0.537. The Balaban J connectivity index is 1.41. The van der Waals surface area contributed by atoms with Gasteiger partial charge in [-0.1, -0.05) is 30.3 Å².